The Morgan fingerprint density at radius 1 is 1.16 bits per heavy atom. The molecular formula is C16H16ClN3O4S. The smallest absolute Gasteiger partial charge is 0.175 e. The molecule has 0 aliphatic rings. The van der Waals surface area contributed by atoms with Gasteiger partial charge in [-0.3, -0.25) is 4.98 Å². The van der Waals surface area contributed by atoms with E-state index >= 15 is 0 Å². The van der Waals surface area contributed by atoms with Gasteiger partial charge in [-0.2, -0.15) is 0 Å². The van der Waals surface area contributed by atoms with E-state index in [1.54, 1.807) is 42.6 Å². The lowest BCUT2D eigenvalue weighted by atomic mass is 10.2. The van der Waals surface area contributed by atoms with Crippen LogP contribution in [0.4, 0.5) is 5.69 Å². The zero-order valence-electron chi connectivity index (χ0n) is 13.2. The van der Waals surface area contributed by atoms with Crippen molar-refractivity contribution in [1.29, 1.82) is 0 Å². The zero-order valence-corrected chi connectivity index (χ0v) is 14.9. The number of benzene rings is 1. The second-order valence-electron chi connectivity index (χ2n) is 5.20. The number of sulfone groups is 1. The Morgan fingerprint density at radius 3 is 2.40 bits per heavy atom. The van der Waals surface area contributed by atoms with Crippen molar-refractivity contribution in [2.75, 3.05) is 12.0 Å². The topological polar surface area (TPSA) is 108 Å². The second-order valence-corrected chi connectivity index (χ2v) is 7.22. The van der Waals surface area contributed by atoms with Crippen LogP contribution in [0.1, 0.15) is 5.56 Å². The summed E-state index contributed by atoms with van der Waals surface area (Å²) in [7, 11) is -3.19. The van der Waals surface area contributed by atoms with Crippen LogP contribution in [0.3, 0.4) is 0 Å². The summed E-state index contributed by atoms with van der Waals surface area (Å²) in [6.07, 6.45) is 4.09. The third-order valence-electron chi connectivity index (χ3n) is 3.33. The second kappa shape index (κ2) is 7.54. The van der Waals surface area contributed by atoms with Crippen molar-refractivity contribution >= 4 is 27.9 Å². The van der Waals surface area contributed by atoms with Gasteiger partial charge in [-0.25, -0.2) is 8.42 Å². The highest BCUT2D eigenvalue weighted by Gasteiger charge is 2.09. The number of aromatic nitrogens is 2. The van der Waals surface area contributed by atoms with Crippen molar-refractivity contribution < 1.29 is 17.7 Å². The monoisotopic (exact) mass is 381 g/mol. The molecule has 0 saturated heterocycles. The van der Waals surface area contributed by atoms with Gasteiger partial charge < -0.3 is 15.0 Å². The van der Waals surface area contributed by atoms with Crippen molar-refractivity contribution in [1.82, 2.24) is 10.1 Å². The Balaban J connectivity index is 0.00000225. The molecule has 0 atom stereocenters. The van der Waals surface area contributed by atoms with Crippen LogP contribution in [0.5, 0.6) is 5.75 Å². The normalized spacial score (nSPS) is 10.9. The predicted octanol–water partition coefficient (Wildman–Crippen LogP) is 2.72. The summed E-state index contributed by atoms with van der Waals surface area (Å²) < 4.78 is 33.2. The average molecular weight is 382 g/mol. The molecule has 2 N–H and O–H groups in total. The summed E-state index contributed by atoms with van der Waals surface area (Å²) in [5.41, 5.74) is 8.06. The van der Waals surface area contributed by atoms with Gasteiger partial charge in [0.15, 0.2) is 15.5 Å². The summed E-state index contributed by atoms with van der Waals surface area (Å²) in [5, 5.41) is 3.78. The molecule has 0 unspecified atom stereocenters. The first kappa shape index (κ1) is 18.8. The first-order chi connectivity index (χ1) is 11.4. The maximum Gasteiger partial charge on any atom is 0.175 e. The third kappa shape index (κ3) is 4.49. The van der Waals surface area contributed by atoms with E-state index in [2.05, 4.69) is 10.1 Å². The van der Waals surface area contributed by atoms with Crippen LogP contribution < -0.4 is 10.5 Å². The Morgan fingerprint density at radius 2 is 1.88 bits per heavy atom. The van der Waals surface area contributed by atoms with Gasteiger partial charge in [-0.05, 0) is 29.8 Å². The summed E-state index contributed by atoms with van der Waals surface area (Å²) in [4.78, 5) is 4.51. The summed E-state index contributed by atoms with van der Waals surface area (Å²) >= 11 is 0. The fourth-order valence-corrected chi connectivity index (χ4v) is 2.67. The fraction of sp³-hybridized carbons (Fsp3) is 0.125. The van der Waals surface area contributed by atoms with Gasteiger partial charge in [-0.15, -0.1) is 12.4 Å². The molecule has 1 aromatic carbocycles. The van der Waals surface area contributed by atoms with Crippen molar-refractivity contribution in [2.45, 2.75) is 11.5 Å². The van der Waals surface area contributed by atoms with Gasteiger partial charge >= 0.3 is 0 Å². The van der Waals surface area contributed by atoms with Crippen LogP contribution in [0, 0.1) is 0 Å². The lowest BCUT2D eigenvalue weighted by molar-refractivity contribution is 0.305. The number of halogens is 1. The standard InChI is InChI=1S/C16H15N3O4S.ClH/c1-24(20,21)13-5-2-11(3-6-13)9-22-12-4-7-15(18-8-12)16-14(17)10-23-19-16;/h2-8,10H,9,17H2,1H3;1H. The summed E-state index contributed by atoms with van der Waals surface area (Å²) in [6, 6.07) is 10.0. The quantitative estimate of drug-likeness (QED) is 0.723. The zero-order chi connectivity index (χ0) is 17.2. The van der Waals surface area contributed by atoms with Crippen LogP contribution in [-0.4, -0.2) is 24.8 Å². The maximum atomic E-state index is 11.4. The van der Waals surface area contributed by atoms with Crippen molar-refractivity contribution in [3.05, 3.63) is 54.4 Å². The van der Waals surface area contributed by atoms with Crippen LogP contribution in [-0.2, 0) is 16.4 Å². The molecule has 7 nitrogen and oxygen atoms in total. The number of pyridine rings is 1. The number of hydrogen-bond donors (Lipinski definition) is 1. The molecule has 9 heteroatoms. The van der Waals surface area contributed by atoms with E-state index in [0.717, 1.165) is 5.56 Å². The number of rotatable bonds is 5. The molecule has 0 spiro atoms. The lowest BCUT2D eigenvalue weighted by Crippen LogP contribution is -1.99. The minimum atomic E-state index is -3.19. The van der Waals surface area contributed by atoms with E-state index in [1.807, 2.05) is 0 Å². The Bertz CT molecular complexity index is 938. The molecule has 0 aliphatic carbocycles. The number of nitrogen functional groups attached to an aromatic ring is 1. The van der Waals surface area contributed by atoms with Crippen LogP contribution >= 0.6 is 12.4 Å². The number of anilines is 1. The maximum absolute atomic E-state index is 11.4. The Kier molecular flexibility index (Phi) is 5.66. The number of nitrogens with two attached hydrogens (primary N) is 1. The molecule has 25 heavy (non-hydrogen) atoms. The van der Waals surface area contributed by atoms with Gasteiger partial charge in [0.2, 0.25) is 0 Å². The Hall–Kier alpha value is -2.58. The minimum absolute atomic E-state index is 0. The molecule has 0 fully saturated rings. The van der Waals surface area contributed by atoms with Crippen LogP contribution in [0.15, 0.2) is 58.3 Å². The molecule has 0 amide bonds. The molecule has 3 rings (SSSR count). The molecular weight excluding hydrogens is 366 g/mol. The van der Waals surface area contributed by atoms with Crippen LogP contribution in [0.25, 0.3) is 11.4 Å². The van der Waals surface area contributed by atoms with E-state index in [4.69, 9.17) is 15.0 Å². The van der Waals surface area contributed by atoms with E-state index in [0.29, 0.717) is 29.4 Å². The van der Waals surface area contributed by atoms with E-state index in [1.165, 1.54) is 12.5 Å². The number of nitrogens with zero attached hydrogens (tertiary/aromatic N) is 2. The summed E-state index contributed by atoms with van der Waals surface area (Å²) in [5.74, 6) is 0.577. The third-order valence-corrected chi connectivity index (χ3v) is 4.46. The van der Waals surface area contributed by atoms with Crippen molar-refractivity contribution in [3.8, 4) is 17.1 Å². The number of hydrogen-bond acceptors (Lipinski definition) is 7. The molecule has 0 bridgehead atoms. The molecule has 2 heterocycles. The molecule has 132 valence electrons. The lowest BCUT2D eigenvalue weighted by Gasteiger charge is -2.07. The van der Waals surface area contributed by atoms with E-state index in [-0.39, 0.29) is 17.3 Å². The largest absolute Gasteiger partial charge is 0.487 e. The summed E-state index contributed by atoms with van der Waals surface area (Å²) in [6.45, 7) is 0.303. The van der Waals surface area contributed by atoms with Crippen molar-refractivity contribution in [3.63, 3.8) is 0 Å². The van der Waals surface area contributed by atoms with Gasteiger partial charge in [0.1, 0.15) is 24.3 Å². The van der Waals surface area contributed by atoms with Crippen molar-refractivity contribution in [2.24, 2.45) is 0 Å². The Labute approximate surface area is 151 Å². The SMILES string of the molecule is CS(=O)(=O)c1ccc(COc2ccc(-c3nocc3N)nc2)cc1.Cl. The molecule has 0 saturated carbocycles. The molecule has 3 aromatic rings. The van der Waals surface area contributed by atoms with E-state index < -0.39 is 9.84 Å². The highest BCUT2D eigenvalue weighted by Crippen LogP contribution is 2.23. The highest BCUT2D eigenvalue weighted by atomic mass is 35.5. The average Bonchev–Trinajstić information content (AvgIpc) is 2.99. The minimum Gasteiger partial charge on any atom is -0.487 e. The first-order valence-corrected chi connectivity index (χ1v) is 8.91. The molecule has 0 radical (unpaired) electrons. The van der Waals surface area contributed by atoms with Gasteiger partial charge in [0.25, 0.3) is 0 Å². The van der Waals surface area contributed by atoms with Gasteiger partial charge in [-0.1, -0.05) is 17.3 Å². The molecule has 2 aromatic heterocycles. The fourth-order valence-electron chi connectivity index (χ4n) is 2.04. The van der Waals surface area contributed by atoms with Crippen LogP contribution in [0.2, 0.25) is 0 Å². The molecule has 0 aliphatic heterocycles. The highest BCUT2D eigenvalue weighted by molar-refractivity contribution is 7.90. The number of ether oxygens (including phenoxy) is 1. The predicted molar refractivity (Wildman–Crippen MR) is 95.3 cm³/mol. The van der Waals surface area contributed by atoms with Gasteiger partial charge in [0.05, 0.1) is 16.8 Å². The van der Waals surface area contributed by atoms with E-state index in [9.17, 15) is 8.42 Å². The first-order valence-electron chi connectivity index (χ1n) is 7.01. The van der Waals surface area contributed by atoms with Gasteiger partial charge in [0, 0.05) is 6.26 Å².